The number of aryl methyl sites for hydroxylation is 2. The summed E-state index contributed by atoms with van der Waals surface area (Å²) in [6.45, 7) is 8.55. The number of rotatable bonds is 5. The summed E-state index contributed by atoms with van der Waals surface area (Å²) < 4.78 is 0. The quantitative estimate of drug-likeness (QED) is 0.611. The van der Waals surface area contributed by atoms with Crippen LogP contribution in [0.2, 0.25) is 0 Å². The summed E-state index contributed by atoms with van der Waals surface area (Å²) in [6, 6.07) is 10.4. The minimum Gasteiger partial charge on any atom is -0.380 e. The number of carbonyl (C=O) groups is 1. The molecule has 2 rings (SSSR count). The van der Waals surface area contributed by atoms with E-state index in [4.69, 9.17) is 0 Å². The third-order valence-corrected chi connectivity index (χ3v) is 4.84. The van der Waals surface area contributed by atoms with Crippen LogP contribution < -0.4 is 5.32 Å². The smallest absolute Gasteiger partial charge is 0.160 e. The fourth-order valence-corrected chi connectivity index (χ4v) is 3.59. The molecule has 0 saturated carbocycles. The maximum atomic E-state index is 11.9. The van der Waals surface area contributed by atoms with E-state index in [0.717, 1.165) is 28.9 Å². The van der Waals surface area contributed by atoms with Crippen molar-refractivity contribution in [2.75, 3.05) is 11.6 Å². The SMILES string of the molecule is CSc1ccccc1NCc1c(C)cc(C)c(C(C)=O)c1C. The normalized spacial score (nSPS) is 10.6. The standard InChI is InChI=1S/C19H23NOS/c1-12-10-13(2)19(15(4)21)14(3)16(12)11-20-17-8-6-7-9-18(17)22-5/h6-10,20H,11H2,1-5H3. The molecule has 0 atom stereocenters. The molecule has 0 spiro atoms. The molecule has 0 fully saturated rings. The molecule has 0 heterocycles. The summed E-state index contributed by atoms with van der Waals surface area (Å²) in [6.07, 6.45) is 2.08. The van der Waals surface area contributed by atoms with Crippen LogP contribution in [0.3, 0.4) is 0 Å². The van der Waals surface area contributed by atoms with Crippen LogP contribution >= 0.6 is 11.8 Å². The first-order valence-electron chi connectivity index (χ1n) is 7.43. The number of Topliss-reactive ketones (excluding diaryl/α,β-unsaturated/α-hetero) is 1. The van der Waals surface area contributed by atoms with E-state index < -0.39 is 0 Å². The predicted octanol–water partition coefficient (Wildman–Crippen LogP) is 5.15. The Labute approximate surface area is 137 Å². The maximum Gasteiger partial charge on any atom is 0.160 e. The summed E-state index contributed by atoms with van der Waals surface area (Å²) in [5.41, 5.74) is 6.61. The molecule has 0 saturated heterocycles. The van der Waals surface area contributed by atoms with Crippen LogP contribution in [0.25, 0.3) is 0 Å². The summed E-state index contributed by atoms with van der Waals surface area (Å²) in [4.78, 5) is 13.1. The monoisotopic (exact) mass is 313 g/mol. The summed E-state index contributed by atoms with van der Waals surface area (Å²) in [5, 5.41) is 3.52. The molecule has 22 heavy (non-hydrogen) atoms. The highest BCUT2D eigenvalue weighted by atomic mass is 32.2. The number of hydrogen-bond acceptors (Lipinski definition) is 3. The van der Waals surface area contributed by atoms with Gasteiger partial charge in [0.2, 0.25) is 0 Å². The van der Waals surface area contributed by atoms with Gasteiger partial charge in [-0.1, -0.05) is 18.2 Å². The molecule has 0 amide bonds. The first-order chi connectivity index (χ1) is 10.5. The number of anilines is 1. The van der Waals surface area contributed by atoms with Crippen molar-refractivity contribution in [2.24, 2.45) is 0 Å². The minimum absolute atomic E-state index is 0.140. The number of hydrogen-bond donors (Lipinski definition) is 1. The van der Waals surface area contributed by atoms with Crippen molar-refractivity contribution in [3.63, 3.8) is 0 Å². The van der Waals surface area contributed by atoms with Gasteiger partial charge in [-0.05, 0) is 68.3 Å². The average molecular weight is 313 g/mol. The lowest BCUT2D eigenvalue weighted by Gasteiger charge is -2.18. The van der Waals surface area contributed by atoms with E-state index in [1.807, 2.05) is 26.0 Å². The van der Waals surface area contributed by atoms with Crippen LogP contribution in [-0.2, 0) is 6.54 Å². The Morgan fingerprint density at radius 2 is 1.82 bits per heavy atom. The topological polar surface area (TPSA) is 29.1 Å². The van der Waals surface area contributed by atoms with Crippen LogP contribution in [0, 0.1) is 20.8 Å². The van der Waals surface area contributed by atoms with Crippen molar-refractivity contribution in [3.8, 4) is 0 Å². The van der Waals surface area contributed by atoms with Crippen LogP contribution in [0.5, 0.6) is 0 Å². The Balaban J connectivity index is 2.34. The molecule has 0 aliphatic carbocycles. The lowest BCUT2D eigenvalue weighted by Crippen LogP contribution is -2.09. The molecular weight excluding hydrogens is 290 g/mol. The molecule has 1 N–H and O–H groups in total. The van der Waals surface area contributed by atoms with Crippen LogP contribution in [0.15, 0.2) is 35.2 Å². The molecule has 0 aromatic heterocycles. The van der Waals surface area contributed by atoms with Gasteiger partial charge in [-0.15, -0.1) is 11.8 Å². The van der Waals surface area contributed by atoms with Gasteiger partial charge in [0.25, 0.3) is 0 Å². The van der Waals surface area contributed by atoms with E-state index in [2.05, 4.69) is 36.7 Å². The van der Waals surface area contributed by atoms with Crippen molar-refractivity contribution in [2.45, 2.75) is 39.1 Å². The van der Waals surface area contributed by atoms with Gasteiger partial charge in [0.15, 0.2) is 5.78 Å². The fourth-order valence-electron chi connectivity index (χ4n) is 3.01. The first-order valence-corrected chi connectivity index (χ1v) is 8.65. The van der Waals surface area contributed by atoms with Crippen LogP contribution in [0.4, 0.5) is 5.69 Å². The third-order valence-electron chi connectivity index (χ3n) is 4.05. The van der Waals surface area contributed by atoms with Crippen LogP contribution in [0.1, 0.15) is 39.5 Å². The number of carbonyl (C=O) groups excluding carboxylic acids is 1. The van der Waals surface area contributed by atoms with Crippen molar-refractivity contribution < 1.29 is 4.79 Å². The lowest BCUT2D eigenvalue weighted by atomic mass is 9.91. The Hall–Kier alpha value is -1.74. The van der Waals surface area contributed by atoms with Crippen molar-refractivity contribution in [1.29, 1.82) is 0 Å². The van der Waals surface area contributed by atoms with E-state index in [-0.39, 0.29) is 5.78 Å². The van der Waals surface area contributed by atoms with E-state index in [1.54, 1.807) is 18.7 Å². The molecular formula is C19H23NOS. The second kappa shape index (κ2) is 7.01. The third kappa shape index (κ3) is 3.36. The second-order valence-corrected chi connectivity index (χ2v) is 6.45. The van der Waals surface area contributed by atoms with Gasteiger partial charge in [-0.25, -0.2) is 0 Å². The Morgan fingerprint density at radius 3 is 2.45 bits per heavy atom. The van der Waals surface area contributed by atoms with Gasteiger partial charge in [-0.2, -0.15) is 0 Å². The van der Waals surface area contributed by atoms with Gasteiger partial charge < -0.3 is 5.32 Å². The molecule has 0 radical (unpaired) electrons. The van der Waals surface area contributed by atoms with Crippen molar-refractivity contribution in [1.82, 2.24) is 0 Å². The molecule has 0 aliphatic heterocycles. The van der Waals surface area contributed by atoms with Crippen molar-refractivity contribution in [3.05, 3.63) is 58.1 Å². The van der Waals surface area contributed by atoms with Gasteiger partial charge in [0.05, 0.1) is 0 Å². The second-order valence-electron chi connectivity index (χ2n) is 5.60. The highest BCUT2D eigenvalue weighted by Crippen LogP contribution is 2.27. The number of nitrogens with one attached hydrogen (secondary N) is 1. The highest BCUT2D eigenvalue weighted by molar-refractivity contribution is 7.98. The summed E-state index contributed by atoms with van der Waals surface area (Å²) >= 11 is 1.73. The Bertz CT molecular complexity index is 707. The Morgan fingerprint density at radius 1 is 1.14 bits per heavy atom. The van der Waals surface area contributed by atoms with E-state index >= 15 is 0 Å². The zero-order chi connectivity index (χ0) is 16.3. The number of para-hydroxylation sites is 1. The first kappa shape index (κ1) is 16.6. The van der Waals surface area contributed by atoms with Gasteiger partial charge in [-0.3, -0.25) is 4.79 Å². The van der Waals surface area contributed by atoms with E-state index in [1.165, 1.54) is 16.0 Å². The van der Waals surface area contributed by atoms with Crippen molar-refractivity contribution >= 4 is 23.2 Å². The van der Waals surface area contributed by atoms with Gasteiger partial charge in [0, 0.05) is 22.7 Å². The predicted molar refractivity (Wildman–Crippen MR) is 96.2 cm³/mol. The average Bonchev–Trinajstić information content (AvgIpc) is 2.46. The zero-order valence-electron chi connectivity index (χ0n) is 13.9. The fraction of sp³-hybridized carbons (Fsp3) is 0.316. The molecule has 0 unspecified atom stereocenters. The Kier molecular flexibility index (Phi) is 5.30. The molecule has 2 aromatic carbocycles. The van der Waals surface area contributed by atoms with E-state index in [0.29, 0.717) is 0 Å². The maximum absolute atomic E-state index is 11.9. The number of benzene rings is 2. The molecule has 2 nitrogen and oxygen atoms in total. The summed E-state index contributed by atoms with van der Waals surface area (Å²) in [7, 11) is 0. The largest absolute Gasteiger partial charge is 0.380 e. The van der Waals surface area contributed by atoms with Crippen LogP contribution in [-0.4, -0.2) is 12.0 Å². The van der Waals surface area contributed by atoms with E-state index in [9.17, 15) is 4.79 Å². The zero-order valence-corrected chi connectivity index (χ0v) is 14.7. The molecule has 0 aliphatic rings. The van der Waals surface area contributed by atoms with Gasteiger partial charge >= 0.3 is 0 Å². The number of thioether (sulfide) groups is 1. The molecule has 116 valence electrons. The molecule has 2 aromatic rings. The highest BCUT2D eigenvalue weighted by Gasteiger charge is 2.14. The lowest BCUT2D eigenvalue weighted by molar-refractivity contribution is 0.101. The number of ketones is 1. The minimum atomic E-state index is 0.140. The summed E-state index contributed by atoms with van der Waals surface area (Å²) in [5.74, 6) is 0.140. The van der Waals surface area contributed by atoms with Gasteiger partial charge in [0.1, 0.15) is 0 Å². The molecule has 0 bridgehead atoms. The molecule has 3 heteroatoms.